The lowest BCUT2D eigenvalue weighted by atomic mass is 9.47. The molecule has 2 heteroatoms. The summed E-state index contributed by atoms with van der Waals surface area (Å²) in [7, 11) is 0. The van der Waals surface area contributed by atoms with Crippen LogP contribution < -0.4 is 5.73 Å². The van der Waals surface area contributed by atoms with Crippen molar-refractivity contribution < 1.29 is 4.74 Å². The van der Waals surface area contributed by atoms with Gasteiger partial charge in [-0.1, -0.05) is 78.4 Å². The van der Waals surface area contributed by atoms with Crippen molar-refractivity contribution >= 4 is 0 Å². The van der Waals surface area contributed by atoms with Gasteiger partial charge in [0.15, 0.2) is 0 Å². The topological polar surface area (TPSA) is 35.2 Å². The molecule has 4 aliphatic carbocycles. The Morgan fingerprint density at radius 3 is 2.49 bits per heavy atom. The Bertz CT molecular complexity index is 699. The molecule has 0 bridgehead atoms. The molecule has 0 saturated heterocycles. The lowest BCUT2D eigenvalue weighted by Crippen LogP contribution is -2.51. The first-order chi connectivity index (χ1) is 16.8. The molecular formula is C33H59NO. The van der Waals surface area contributed by atoms with E-state index in [2.05, 4.69) is 40.7 Å². The molecule has 0 spiro atoms. The van der Waals surface area contributed by atoms with E-state index in [1.54, 1.807) is 5.57 Å². The summed E-state index contributed by atoms with van der Waals surface area (Å²) < 4.78 is 6.39. The third kappa shape index (κ3) is 5.89. The number of hydrogen-bond acceptors (Lipinski definition) is 2. The molecule has 202 valence electrons. The maximum Gasteiger partial charge on any atom is 0.0612 e. The quantitative estimate of drug-likeness (QED) is 0.221. The zero-order valence-corrected chi connectivity index (χ0v) is 24.1. The minimum absolute atomic E-state index is 0.451. The third-order valence-electron chi connectivity index (χ3n) is 11.7. The van der Waals surface area contributed by atoms with Gasteiger partial charge in [-0.25, -0.2) is 0 Å². The van der Waals surface area contributed by atoms with Gasteiger partial charge in [0.25, 0.3) is 0 Å². The maximum absolute atomic E-state index is 6.39. The molecule has 35 heavy (non-hydrogen) atoms. The summed E-state index contributed by atoms with van der Waals surface area (Å²) in [5, 5.41) is 0. The Morgan fingerprint density at radius 1 is 0.914 bits per heavy atom. The van der Waals surface area contributed by atoms with Gasteiger partial charge in [0.05, 0.1) is 6.10 Å². The van der Waals surface area contributed by atoms with Crippen LogP contribution in [0.4, 0.5) is 0 Å². The van der Waals surface area contributed by atoms with E-state index in [0.717, 1.165) is 55.1 Å². The van der Waals surface area contributed by atoms with Gasteiger partial charge in [0.1, 0.15) is 0 Å². The van der Waals surface area contributed by atoms with Crippen LogP contribution in [0.3, 0.4) is 0 Å². The summed E-state index contributed by atoms with van der Waals surface area (Å²) >= 11 is 0. The molecule has 3 saturated carbocycles. The number of rotatable bonds is 12. The second kappa shape index (κ2) is 12.0. The van der Waals surface area contributed by atoms with Crippen molar-refractivity contribution in [2.45, 2.75) is 137 Å². The van der Waals surface area contributed by atoms with Crippen LogP contribution in [0.25, 0.3) is 0 Å². The van der Waals surface area contributed by atoms with Gasteiger partial charge in [-0.3, -0.25) is 0 Å². The lowest BCUT2D eigenvalue weighted by molar-refractivity contribution is -0.0641. The van der Waals surface area contributed by atoms with E-state index in [1.807, 2.05) is 0 Å². The number of nitrogens with two attached hydrogens (primary N) is 1. The minimum atomic E-state index is 0.451. The molecule has 0 heterocycles. The van der Waals surface area contributed by atoms with Crippen LogP contribution in [-0.4, -0.2) is 19.3 Å². The van der Waals surface area contributed by atoms with Gasteiger partial charge in [-0.2, -0.15) is 0 Å². The highest BCUT2D eigenvalue weighted by Gasteiger charge is 2.59. The number of fused-ring (bicyclic) bond motifs is 5. The molecule has 2 N–H and O–H groups in total. The molecule has 0 aliphatic heterocycles. The van der Waals surface area contributed by atoms with Gasteiger partial charge >= 0.3 is 0 Å². The molecule has 0 aromatic heterocycles. The average Bonchev–Trinajstić information content (AvgIpc) is 3.18. The Hall–Kier alpha value is -0.340. The van der Waals surface area contributed by atoms with Gasteiger partial charge in [0.2, 0.25) is 0 Å². The first kappa shape index (κ1) is 27.7. The summed E-state index contributed by atoms with van der Waals surface area (Å²) in [6, 6.07) is 0. The second-order valence-corrected chi connectivity index (χ2v) is 14.2. The summed E-state index contributed by atoms with van der Waals surface area (Å²) in [6.45, 7) is 14.5. The predicted molar refractivity (Wildman–Crippen MR) is 150 cm³/mol. The molecule has 0 aromatic rings. The highest BCUT2D eigenvalue weighted by Crippen LogP contribution is 2.67. The van der Waals surface area contributed by atoms with Crippen molar-refractivity contribution in [3.8, 4) is 0 Å². The fourth-order valence-electron chi connectivity index (χ4n) is 9.64. The molecule has 3 fully saturated rings. The highest BCUT2D eigenvalue weighted by atomic mass is 16.5. The van der Waals surface area contributed by atoms with Crippen LogP contribution >= 0.6 is 0 Å². The zero-order chi connectivity index (χ0) is 25.1. The van der Waals surface area contributed by atoms with Crippen LogP contribution in [-0.2, 0) is 4.74 Å². The molecule has 4 aliphatic rings. The molecule has 4 rings (SSSR count). The summed E-state index contributed by atoms with van der Waals surface area (Å²) in [6.07, 6.45) is 23.6. The summed E-state index contributed by atoms with van der Waals surface area (Å²) in [5.41, 5.74) is 8.45. The molecule has 0 radical (unpaired) electrons. The van der Waals surface area contributed by atoms with Crippen molar-refractivity contribution in [2.75, 3.05) is 13.2 Å². The molecule has 0 amide bonds. The normalized spacial score (nSPS) is 39.6. The largest absolute Gasteiger partial charge is 0.378 e. The van der Waals surface area contributed by atoms with Gasteiger partial charge < -0.3 is 10.5 Å². The predicted octanol–water partition coefficient (Wildman–Crippen LogP) is 8.93. The van der Waals surface area contributed by atoms with Gasteiger partial charge in [0, 0.05) is 6.61 Å². The van der Waals surface area contributed by atoms with E-state index in [-0.39, 0.29) is 0 Å². The monoisotopic (exact) mass is 485 g/mol. The smallest absolute Gasteiger partial charge is 0.0612 e. The Balaban J connectivity index is 1.34. The van der Waals surface area contributed by atoms with E-state index in [1.165, 1.54) is 89.9 Å². The van der Waals surface area contributed by atoms with Gasteiger partial charge in [-0.15, -0.1) is 0 Å². The van der Waals surface area contributed by atoms with Crippen LogP contribution in [0.1, 0.15) is 131 Å². The van der Waals surface area contributed by atoms with Crippen molar-refractivity contribution in [3.63, 3.8) is 0 Å². The van der Waals surface area contributed by atoms with E-state index in [4.69, 9.17) is 10.5 Å². The number of ether oxygens (including phenoxy) is 1. The highest BCUT2D eigenvalue weighted by molar-refractivity contribution is 5.25. The molecule has 2 nitrogen and oxygen atoms in total. The average molecular weight is 486 g/mol. The van der Waals surface area contributed by atoms with Crippen LogP contribution in [0.2, 0.25) is 0 Å². The molecule has 3 unspecified atom stereocenters. The number of hydrogen-bond donors (Lipinski definition) is 1. The van der Waals surface area contributed by atoms with E-state index in [0.29, 0.717) is 16.9 Å². The first-order valence-corrected chi connectivity index (χ1v) is 15.8. The fourth-order valence-corrected chi connectivity index (χ4v) is 9.64. The molecule has 0 aromatic carbocycles. The van der Waals surface area contributed by atoms with Crippen molar-refractivity contribution in [3.05, 3.63) is 11.6 Å². The lowest BCUT2D eigenvalue weighted by Gasteiger charge is -2.58. The zero-order valence-electron chi connectivity index (χ0n) is 24.1. The Morgan fingerprint density at radius 2 is 1.71 bits per heavy atom. The van der Waals surface area contributed by atoms with Crippen molar-refractivity contribution in [1.29, 1.82) is 0 Å². The SMILES string of the molecule is CC(C)CCC[C@@H](C)[C@H]1CCC2C3CC=C4C[C@@H](OCCCCCCN)CC[C@]4(C)C3CC[C@@]21C. The van der Waals surface area contributed by atoms with Crippen LogP contribution in [0.15, 0.2) is 11.6 Å². The fraction of sp³-hybridized carbons (Fsp3) is 0.939. The van der Waals surface area contributed by atoms with Crippen LogP contribution in [0, 0.1) is 46.3 Å². The van der Waals surface area contributed by atoms with Crippen LogP contribution in [0.5, 0.6) is 0 Å². The van der Waals surface area contributed by atoms with Crippen molar-refractivity contribution in [2.24, 2.45) is 52.1 Å². The first-order valence-electron chi connectivity index (χ1n) is 15.8. The van der Waals surface area contributed by atoms with Gasteiger partial charge in [-0.05, 0) is 117 Å². The third-order valence-corrected chi connectivity index (χ3v) is 11.7. The maximum atomic E-state index is 6.39. The Labute approximate surface area is 218 Å². The second-order valence-electron chi connectivity index (χ2n) is 14.2. The van der Waals surface area contributed by atoms with Crippen molar-refractivity contribution in [1.82, 2.24) is 0 Å². The summed E-state index contributed by atoms with van der Waals surface area (Å²) in [4.78, 5) is 0. The number of allylic oxidation sites excluding steroid dienone is 1. The summed E-state index contributed by atoms with van der Waals surface area (Å²) in [5.74, 6) is 5.57. The molecule has 8 atom stereocenters. The van der Waals surface area contributed by atoms with E-state index < -0.39 is 0 Å². The molecular weight excluding hydrogens is 426 g/mol. The van der Waals surface area contributed by atoms with E-state index >= 15 is 0 Å². The minimum Gasteiger partial charge on any atom is -0.378 e. The Kier molecular flexibility index (Phi) is 9.51. The standard InChI is InChI=1S/C33H59NO/c1-24(2)11-10-12-25(3)29-15-16-30-28-14-13-26-23-27(35-22-9-7-6-8-21-34)17-19-32(26,4)31(28)18-20-33(29,30)5/h13,24-25,27-31H,6-12,14-23,34H2,1-5H3/t25-,27+,28?,29-,30?,31?,32+,33-/m1/s1. The number of unbranched alkanes of at least 4 members (excludes halogenated alkanes) is 3. The van der Waals surface area contributed by atoms with E-state index in [9.17, 15) is 0 Å².